The van der Waals surface area contributed by atoms with Gasteiger partial charge in [0, 0.05) is 18.7 Å². The topological polar surface area (TPSA) is 90.9 Å². The fraction of sp³-hybridized carbons (Fsp3) is 0.478. The van der Waals surface area contributed by atoms with Crippen LogP contribution < -0.4 is 10.3 Å². The zero-order valence-electron chi connectivity index (χ0n) is 19.3. The number of para-hydroxylation sites is 1. The van der Waals surface area contributed by atoms with Crippen molar-refractivity contribution < 1.29 is 8.42 Å². The van der Waals surface area contributed by atoms with E-state index in [1.807, 2.05) is 55.8 Å². The minimum Gasteiger partial charge on any atom is -0.283 e. The van der Waals surface area contributed by atoms with E-state index in [4.69, 9.17) is 5.10 Å². The number of hydrogen-bond donors (Lipinski definition) is 1. The van der Waals surface area contributed by atoms with E-state index in [1.165, 1.54) is 4.68 Å². The van der Waals surface area contributed by atoms with Crippen molar-refractivity contribution in [3.05, 3.63) is 58.3 Å². The van der Waals surface area contributed by atoms with Crippen LogP contribution in [0.1, 0.15) is 63.9 Å². The molecule has 2 aromatic heterocycles. The Bertz CT molecular complexity index is 1290. The summed E-state index contributed by atoms with van der Waals surface area (Å²) in [6.45, 7) is 7.57. The van der Waals surface area contributed by atoms with E-state index in [2.05, 4.69) is 4.72 Å². The Kier molecular flexibility index (Phi) is 5.56. The van der Waals surface area contributed by atoms with Gasteiger partial charge in [-0.25, -0.2) is 13.1 Å². The first-order valence-corrected chi connectivity index (χ1v) is 12.5. The average molecular weight is 458 g/mol. The van der Waals surface area contributed by atoms with Gasteiger partial charge in [0.2, 0.25) is 0 Å². The van der Waals surface area contributed by atoms with Gasteiger partial charge in [0.15, 0.2) is 0 Å². The molecule has 1 aromatic carbocycles. The van der Waals surface area contributed by atoms with Gasteiger partial charge in [-0.3, -0.25) is 18.9 Å². The van der Waals surface area contributed by atoms with Crippen LogP contribution in [0.3, 0.4) is 0 Å². The molecule has 1 aliphatic carbocycles. The number of hydrogen-bond acceptors (Lipinski definition) is 4. The van der Waals surface area contributed by atoms with Gasteiger partial charge in [-0.15, -0.1) is 0 Å². The molecule has 0 aliphatic heterocycles. The number of nitrogens with one attached hydrogen (secondary N) is 1. The van der Waals surface area contributed by atoms with Crippen LogP contribution in [-0.4, -0.2) is 27.6 Å². The van der Waals surface area contributed by atoms with Crippen molar-refractivity contribution in [3.8, 4) is 5.69 Å². The molecule has 172 valence electrons. The predicted octanol–water partition coefficient (Wildman–Crippen LogP) is 3.89. The molecule has 0 radical (unpaired) electrons. The summed E-state index contributed by atoms with van der Waals surface area (Å²) in [5.74, 6) is 0. The molecule has 2 heterocycles. The Balaban J connectivity index is 1.79. The van der Waals surface area contributed by atoms with Crippen molar-refractivity contribution in [1.29, 1.82) is 0 Å². The lowest BCUT2D eigenvalue weighted by Crippen LogP contribution is -2.24. The minimum absolute atomic E-state index is 0.0461. The Hall–Kier alpha value is -2.81. The van der Waals surface area contributed by atoms with Crippen molar-refractivity contribution in [2.45, 2.75) is 69.7 Å². The molecule has 0 saturated heterocycles. The van der Waals surface area contributed by atoms with Crippen LogP contribution in [0.5, 0.6) is 0 Å². The Morgan fingerprint density at radius 1 is 1.09 bits per heavy atom. The number of benzene rings is 1. The number of anilines is 1. The summed E-state index contributed by atoms with van der Waals surface area (Å²) >= 11 is 0. The third kappa shape index (κ3) is 3.90. The third-order valence-electron chi connectivity index (χ3n) is 6.19. The molecule has 32 heavy (non-hydrogen) atoms. The quantitative estimate of drug-likeness (QED) is 0.629. The first kappa shape index (κ1) is 22.4. The molecular formula is C23H31N5O3S. The zero-order valence-corrected chi connectivity index (χ0v) is 20.1. The van der Waals surface area contributed by atoms with Gasteiger partial charge in [-0.1, -0.05) is 51.8 Å². The summed E-state index contributed by atoms with van der Waals surface area (Å²) in [7, 11) is -2.29. The molecule has 0 spiro atoms. The third-order valence-corrected chi connectivity index (χ3v) is 7.54. The molecule has 1 N–H and O–H groups in total. The Morgan fingerprint density at radius 2 is 1.72 bits per heavy atom. The van der Waals surface area contributed by atoms with Gasteiger partial charge in [0.1, 0.15) is 10.6 Å². The average Bonchev–Trinajstić information content (AvgIpc) is 3.45. The maximum absolute atomic E-state index is 13.5. The van der Waals surface area contributed by atoms with Crippen molar-refractivity contribution in [3.63, 3.8) is 0 Å². The summed E-state index contributed by atoms with van der Waals surface area (Å²) in [5, 5.41) is 4.70. The number of sulfonamides is 1. The second-order valence-electron chi connectivity index (χ2n) is 9.55. The van der Waals surface area contributed by atoms with E-state index in [-0.39, 0.29) is 16.6 Å². The molecule has 1 saturated carbocycles. The highest BCUT2D eigenvalue weighted by Crippen LogP contribution is 2.34. The second-order valence-corrected chi connectivity index (χ2v) is 11.2. The van der Waals surface area contributed by atoms with E-state index in [9.17, 15) is 13.2 Å². The maximum Gasteiger partial charge on any atom is 0.296 e. The van der Waals surface area contributed by atoms with Gasteiger partial charge in [0.25, 0.3) is 15.6 Å². The lowest BCUT2D eigenvalue weighted by atomic mass is 9.92. The highest BCUT2D eigenvalue weighted by atomic mass is 32.2. The van der Waals surface area contributed by atoms with Crippen molar-refractivity contribution >= 4 is 15.7 Å². The van der Waals surface area contributed by atoms with Crippen LogP contribution in [0.15, 0.2) is 46.2 Å². The van der Waals surface area contributed by atoms with Gasteiger partial charge < -0.3 is 0 Å². The minimum atomic E-state index is -4.03. The summed E-state index contributed by atoms with van der Waals surface area (Å²) < 4.78 is 34.6. The molecule has 3 aromatic rings. The molecule has 0 bridgehead atoms. The van der Waals surface area contributed by atoms with Gasteiger partial charge in [0.05, 0.1) is 23.1 Å². The number of nitrogens with zero attached hydrogens (tertiary/aromatic N) is 4. The van der Waals surface area contributed by atoms with Gasteiger partial charge in [-0.2, -0.15) is 5.10 Å². The van der Waals surface area contributed by atoms with Crippen LogP contribution in [-0.2, 0) is 22.5 Å². The van der Waals surface area contributed by atoms with E-state index >= 15 is 0 Å². The van der Waals surface area contributed by atoms with E-state index in [0.717, 1.165) is 25.7 Å². The second kappa shape index (κ2) is 7.95. The smallest absolute Gasteiger partial charge is 0.283 e. The molecule has 1 fully saturated rings. The first-order chi connectivity index (χ1) is 15.0. The summed E-state index contributed by atoms with van der Waals surface area (Å²) in [4.78, 5) is 13.3. The molecule has 8 nitrogen and oxygen atoms in total. The van der Waals surface area contributed by atoms with Gasteiger partial charge >= 0.3 is 0 Å². The first-order valence-electron chi connectivity index (χ1n) is 11.0. The highest BCUT2D eigenvalue weighted by molar-refractivity contribution is 7.92. The fourth-order valence-electron chi connectivity index (χ4n) is 4.32. The SMILES string of the molecule is Cc1c(NS(=O)(=O)c2cn(C3CCCC3)nc2C(C)(C)C)c(=O)n(-c2ccccc2)n1C. The molecular weight excluding hydrogens is 426 g/mol. The standard InChI is InChI=1S/C23H31N5O3S/c1-16-20(22(29)28(26(16)5)18-13-7-6-8-14-18)25-32(30,31)19-15-27(17-11-9-10-12-17)24-21(19)23(2,3)4/h6-8,13-15,17,25H,9-12H2,1-5H3. The normalized spacial score (nSPS) is 15.4. The molecule has 0 amide bonds. The monoisotopic (exact) mass is 457 g/mol. The largest absolute Gasteiger partial charge is 0.296 e. The van der Waals surface area contributed by atoms with Crippen molar-refractivity contribution in [1.82, 2.24) is 19.1 Å². The molecule has 0 unspecified atom stereocenters. The van der Waals surface area contributed by atoms with Crippen LogP contribution in [0, 0.1) is 6.92 Å². The van der Waals surface area contributed by atoms with Crippen LogP contribution in [0.25, 0.3) is 5.69 Å². The molecule has 4 rings (SSSR count). The van der Waals surface area contributed by atoms with E-state index in [0.29, 0.717) is 17.1 Å². The maximum atomic E-state index is 13.5. The van der Waals surface area contributed by atoms with Crippen LogP contribution in [0.2, 0.25) is 0 Å². The molecule has 0 atom stereocenters. The Labute approximate surface area is 188 Å². The number of aromatic nitrogens is 4. The highest BCUT2D eigenvalue weighted by Gasteiger charge is 2.33. The predicted molar refractivity (Wildman–Crippen MR) is 125 cm³/mol. The Morgan fingerprint density at radius 3 is 2.31 bits per heavy atom. The van der Waals surface area contributed by atoms with Crippen LogP contribution in [0.4, 0.5) is 5.69 Å². The van der Waals surface area contributed by atoms with Gasteiger partial charge in [-0.05, 0) is 31.9 Å². The van der Waals surface area contributed by atoms with Crippen molar-refractivity contribution in [2.24, 2.45) is 7.05 Å². The summed E-state index contributed by atoms with van der Waals surface area (Å²) in [5.41, 5.74) is 0.865. The van der Waals surface area contributed by atoms with E-state index < -0.39 is 21.0 Å². The summed E-state index contributed by atoms with van der Waals surface area (Å²) in [6.07, 6.45) is 5.87. The van der Waals surface area contributed by atoms with Crippen molar-refractivity contribution in [2.75, 3.05) is 4.72 Å². The zero-order chi connectivity index (χ0) is 23.3. The van der Waals surface area contributed by atoms with E-state index in [1.54, 1.807) is 24.9 Å². The van der Waals surface area contributed by atoms with Crippen LogP contribution >= 0.6 is 0 Å². The summed E-state index contributed by atoms with van der Waals surface area (Å²) in [6, 6.07) is 9.37. The fourth-order valence-corrected chi connectivity index (χ4v) is 5.78. The molecule has 1 aliphatic rings. The molecule has 9 heteroatoms. The lowest BCUT2D eigenvalue weighted by Gasteiger charge is -2.18. The lowest BCUT2D eigenvalue weighted by molar-refractivity contribution is 0.448. The number of rotatable bonds is 5.